The van der Waals surface area contributed by atoms with E-state index in [1.165, 1.54) is 0 Å². The molecule has 3 N–H and O–H groups in total. The standard InChI is InChI=1S/C15H24N2O4/c1-4-17(7-8-18)15(19)6-5-11-9-12(16)14(21-3)10-13(11)20-2/h9-10,18H,4-8,16H2,1-3H3. The number of aliphatic hydroxyl groups is 1. The van der Waals surface area contributed by atoms with Crippen molar-refractivity contribution in [2.24, 2.45) is 0 Å². The van der Waals surface area contributed by atoms with Crippen LogP contribution in [0.5, 0.6) is 11.5 Å². The van der Waals surface area contributed by atoms with Gasteiger partial charge in [0.2, 0.25) is 5.91 Å². The number of nitrogen functional groups attached to an aromatic ring is 1. The first-order chi connectivity index (χ1) is 10.1. The number of carbonyl (C=O) groups is 1. The molecule has 0 aliphatic rings. The molecule has 0 aromatic heterocycles. The van der Waals surface area contributed by atoms with Crippen molar-refractivity contribution >= 4 is 11.6 Å². The molecule has 0 aliphatic carbocycles. The Bertz CT molecular complexity index is 477. The zero-order valence-electron chi connectivity index (χ0n) is 12.9. The van der Waals surface area contributed by atoms with Crippen LogP contribution in [-0.2, 0) is 11.2 Å². The van der Waals surface area contributed by atoms with E-state index in [9.17, 15) is 4.79 Å². The van der Waals surface area contributed by atoms with Crippen LogP contribution in [-0.4, -0.2) is 49.8 Å². The molecule has 1 amide bonds. The van der Waals surface area contributed by atoms with Gasteiger partial charge in [0, 0.05) is 25.6 Å². The van der Waals surface area contributed by atoms with Crippen molar-refractivity contribution in [1.29, 1.82) is 0 Å². The Hall–Kier alpha value is -1.95. The van der Waals surface area contributed by atoms with Crippen molar-refractivity contribution in [2.45, 2.75) is 19.8 Å². The third kappa shape index (κ3) is 4.53. The number of hydrogen-bond acceptors (Lipinski definition) is 5. The zero-order chi connectivity index (χ0) is 15.8. The van der Waals surface area contributed by atoms with Crippen LogP contribution in [0.2, 0.25) is 0 Å². The number of anilines is 1. The van der Waals surface area contributed by atoms with E-state index in [1.807, 2.05) is 6.92 Å². The number of nitrogens with two attached hydrogens (primary N) is 1. The molecule has 0 aliphatic heterocycles. The first-order valence-corrected chi connectivity index (χ1v) is 6.96. The van der Waals surface area contributed by atoms with E-state index in [2.05, 4.69) is 0 Å². The highest BCUT2D eigenvalue weighted by molar-refractivity contribution is 5.76. The molecule has 0 bridgehead atoms. The van der Waals surface area contributed by atoms with Crippen molar-refractivity contribution in [3.8, 4) is 11.5 Å². The quantitative estimate of drug-likeness (QED) is 0.701. The average molecular weight is 296 g/mol. The summed E-state index contributed by atoms with van der Waals surface area (Å²) in [5, 5.41) is 8.93. The molecule has 1 aromatic rings. The molecule has 0 radical (unpaired) electrons. The first-order valence-electron chi connectivity index (χ1n) is 6.96. The second kappa shape index (κ2) is 8.36. The van der Waals surface area contributed by atoms with E-state index in [4.69, 9.17) is 20.3 Å². The van der Waals surface area contributed by atoms with Crippen LogP contribution in [0.3, 0.4) is 0 Å². The Morgan fingerprint density at radius 1 is 1.29 bits per heavy atom. The molecule has 0 atom stereocenters. The molecule has 0 spiro atoms. The molecule has 0 fully saturated rings. The van der Waals surface area contributed by atoms with Crippen molar-refractivity contribution < 1.29 is 19.4 Å². The summed E-state index contributed by atoms with van der Waals surface area (Å²) >= 11 is 0. The lowest BCUT2D eigenvalue weighted by Gasteiger charge is -2.20. The summed E-state index contributed by atoms with van der Waals surface area (Å²) in [6.45, 7) is 2.80. The lowest BCUT2D eigenvalue weighted by atomic mass is 10.1. The lowest BCUT2D eigenvalue weighted by Crippen LogP contribution is -2.33. The van der Waals surface area contributed by atoms with Crippen LogP contribution in [0.15, 0.2) is 12.1 Å². The van der Waals surface area contributed by atoms with Crippen LogP contribution in [0, 0.1) is 0 Å². The van der Waals surface area contributed by atoms with Gasteiger partial charge in [-0.2, -0.15) is 0 Å². The fourth-order valence-electron chi connectivity index (χ4n) is 2.17. The van der Waals surface area contributed by atoms with Gasteiger partial charge in [-0.25, -0.2) is 0 Å². The predicted molar refractivity (Wildman–Crippen MR) is 81.6 cm³/mol. The highest BCUT2D eigenvalue weighted by Crippen LogP contribution is 2.31. The summed E-state index contributed by atoms with van der Waals surface area (Å²) in [6.07, 6.45) is 0.869. The van der Waals surface area contributed by atoms with Crippen LogP contribution in [0.4, 0.5) is 5.69 Å². The van der Waals surface area contributed by atoms with Crippen LogP contribution in [0.1, 0.15) is 18.9 Å². The van der Waals surface area contributed by atoms with Crippen LogP contribution in [0.25, 0.3) is 0 Å². The Kier molecular flexibility index (Phi) is 6.81. The van der Waals surface area contributed by atoms with Crippen LogP contribution >= 0.6 is 0 Å². The largest absolute Gasteiger partial charge is 0.496 e. The summed E-state index contributed by atoms with van der Waals surface area (Å²) < 4.78 is 10.5. The topological polar surface area (TPSA) is 85.0 Å². The van der Waals surface area contributed by atoms with Gasteiger partial charge < -0.3 is 25.2 Å². The number of nitrogens with zero attached hydrogens (tertiary/aromatic N) is 1. The monoisotopic (exact) mass is 296 g/mol. The maximum absolute atomic E-state index is 12.1. The Morgan fingerprint density at radius 2 is 1.95 bits per heavy atom. The molecule has 6 nitrogen and oxygen atoms in total. The number of rotatable bonds is 8. The number of methoxy groups -OCH3 is 2. The second-order valence-corrected chi connectivity index (χ2v) is 4.60. The molecule has 0 unspecified atom stereocenters. The fraction of sp³-hybridized carbons (Fsp3) is 0.533. The zero-order valence-corrected chi connectivity index (χ0v) is 12.9. The van der Waals surface area contributed by atoms with Gasteiger partial charge in [0.1, 0.15) is 11.5 Å². The maximum Gasteiger partial charge on any atom is 0.222 e. The number of benzene rings is 1. The molecule has 118 valence electrons. The van der Waals surface area contributed by atoms with Gasteiger partial charge >= 0.3 is 0 Å². The number of likely N-dealkylation sites (N-methyl/N-ethyl adjacent to an activating group) is 1. The molecular formula is C15H24N2O4. The second-order valence-electron chi connectivity index (χ2n) is 4.60. The molecule has 6 heteroatoms. The smallest absolute Gasteiger partial charge is 0.222 e. The highest BCUT2D eigenvalue weighted by atomic mass is 16.5. The maximum atomic E-state index is 12.1. The molecule has 1 rings (SSSR count). The Balaban J connectivity index is 2.79. The normalized spacial score (nSPS) is 10.3. The number of hydrogen-bond donors (Lipinski definition) is 2. The first kappa shape index (κ1) is 17.1. The number of ether oxygens (including phenoxy) is 2. The predicted octanol–water partition coefficient (Wildman–Crippen LogP) is 1.06. The van der Waals surface area contributed by atoms with Crippen LogP contribution < -0.4 is 15.2 Å². The third-order valence-electron chi connectivity index (χ3n) is 3.35. The molecule has 0 saturated carbocycles. The van der Waals surface area contributed by atoms with Crippen molar-refractivity contribution in [1.82, 2.24) is 4.90 Å². The van der Waals surface area contributed by atoms with E-state index in [-0.39, 0.29) is 12.5 Å². The lowest BCUT2D eigenvalue weighted by molar-refractivity contribution is -0.131. The third-order valence-corrected chi connectivity index (χ3v) is 3.35. The van der Waals surface area contributed by atoms with Gasteiger partial charge in [-0.3, -0.25) is 4.79 Å². The number of aliphatic hydroxyl groups excluding tert-OH is 1. The van der Waals surface area contributed by atoms with Gasteiger partial charge in [0.25, 0.3) is 0 Å². The summed E-state index contributed by atoms with van der Waals surface area (Å²) in [5.41, 5.74) is 7.27. The van der Waals surface area contributed by atoms with E-state index in [1.54, 1.807) is 31.3 Å². The van der Waals surface area contributed by atoms with Crippen molar-refractivity contribution in [3.63, 3.8) is 0 Å². The highest BCUT2D eigenvalue weighted by Gasteiger charge is 2.14. The SMILES string of the molecule is CCN(CCO)C(=O)CCc1cc(N)c(OC)cc1OC. The molecule has 21 heavy (non-hydrogen) atoms. The molecule has 0 heterocycles. The van der Waals surface area contributed by atoms with Gasteiger partial charge in [-0.15, -0.1) is 0 Å². The summed E-state index contributed by atoms with van der Waals surface area (Å²) in [7, 11) is 3.11. The summed E-state index contributed by atoms with van der Waals surface area (Å²) in [6, 6.07) is 3.49. The van der Waals surface area contributed by atoms with Gasteiger partial charge in [-0.1, -0.05) is 0 Å². The van der Waals surface area contributed by atoms with E-state index < -0.39 is 0 Å². The van der Waals surface area contributed by atoms with Gasteiger partial charge in [-0.05, 0) is 25.0 Å². The van der Waals surface area contributed by atoms with Crippen molar-refractivity contribution in [3.05, 3.63) is 17.7 Å². The minimum atomic E-state index is -0.0294. The average Bonchev–Trinajstić information content (AvgIpc) is 2.50. The minimum absolute atomic E-state index is 0.00277. The van der Waals surface area contributed by atoms with E-state index >= 15 is 0 Å². The van der Waals surface area contributed by atoms with Crippen molar-refractivity contribution in [2.75, 3.05) is 39.6 Å². The summed E-state index contributed by atoms with van der Waals surface area (Å²) in [5.74, 6) is 1.21. The summed E-state index contributed by atoms with van der Waals surface area (Å²) in [4.78, 5) is 13.7. The number of carbonyl (C=O) groups excluding carboxylic acids is 1. The molecular weight excluding hydrogens is 272 g/mol. The molecule has 0 saturated heterocycles. The van der Waals surface area contributed by atoms with Gasteiger partial charge in [0.15, 0.2) is 0 Å². The molecule has 1 aromatic carbocycles. The Morgan fingerprint density at radius 3 is 2.48 bits per heavy atom. The number of aryl methyl sites for hydroxylation is 1. The van der Waals surface area contributed by atoms with E-state index in [0.29, 0.717) is 43.1 Å². The minimum Gasteiger partial charge on any atom is -0.496 e. The van der Waals surface area contributed by atoms with E-state index in [0.717, 1.165) is 5.56 Å². The Labute approximate surface area is 125 Å². The number of amides is 1. The van der Waals surface area contributed by atoms with Gasteiger partial charge in [0.05, 0.1) is 26.5 Å². The fourth-order valence-corrected chi connectivity index (χ4v) is 2.17.